The largest absolute Gasteiger partial charge is 0.416 e. The minimum absolute atomic E-state index is 0.0386. The molecular weight excluding hydrogens is 497 g/mol. The van der Waals surface area contributed by atoms with Crippen molar-refractivity contribution in [1.29, 1.82) is 0 Å². The van der Waals surface area contributed by atoms with Gasteiger partial charge in [0.25, 0.3) is 5.69 Å². The van der Waals surface area contributed by atoms with Crippen LogP contribution in [0, 0.1) is 10.1 Å². The number of hydrogen-bond acceptors (Lipinski definition) is 5. The molecule has 4 rings (SSSR count). The Hall–Kier alpha value is -3.63. The molecule has 36 heavy (non-hydrogen) atoms. The van der Waals surface area contributed by atoms with E-state index in [1.165, 1.54) is 24.3 Å². The average Bonchev–Trinajstić information content (AvgIpc) is 2.86. The topological polar surface area (TPSA) is 78.7 Å². The zero-order valence-electron chi connectivity index (χ0n) is 18.9. The maximum atomic E-state index is 13.4. The molecule has 1 aliphatic heterocycles. The van der Waals surface area contributed by atoms with E-state index in [0.29, 0.717) is 31.9 Å². The van der Waals surface area contributed by atoms with Crippen LogP contribution in [0.25, 0.3) is 0 Å². The predicted octanol–water partition coefficient (Wildman–Crippen LogP) is 5.77. The number of benzene rings is 3. The third-order valence-corrected chi connectivity index (χ3v) is 6.31. The Morgan fingerprint density at radius 3 is 2.31 bits per heavy atom. The Morgan fingerprint density at radius 1 is 0.972 bits per heavy atom. The fraction of sp³-hybridized carbons (Fsp3) is 0.240. The van der Waals surface area contributed by atoms with Gasteiger partial charge < -0.3 is 10.2 Å². The monoisotopic (exact) mass is 518 g/mol. The number of carbonyl (C=O) groups is 1. The van der Waals surface area contributed by atoms with E-state index in [1.54, 1.807) is 6.07 Å². The van der Waals surface area contributed by atoms with Gasteiger partial charge in [0.1, 0.15) is 11.1 Å². The Balaban J connectivity index is 1.53. The van der Waals surface area contributed by atoms with Gasteiger partial charge in [0.15, 0.2) is 0 Å². The van der Waals surface area contributed by atoms with Gasteiger partial charge in [-0.05, 0) is 35.9 Å². The molecule has 0 bridgehead atoms. The van der Waals surface area contributed by atoms with Gasteiger partial charge in [0.2, 0.25) is 5.91 Å². The number of nitrogens with zero attached hydrogens (tertiary/aromatic N) is 3. The highest BCUT2D eigenvalue weighted by Crippen LogP contribution is 2.33. The highest BCUT2D eigenvalue weighted by Gasteiger charge is 2.33. The van der Waals surface area contributed by atoms with Crippen LogP contribution in [0.3, 0.4) is 0 Å². The number of nitro groups is 1. The first-order chi connectivity index (χ1) is 17.1. The molecule has 1 saturated heterocycles. The van der Waals surface area contributed by atoms with Crippen LogP contribution < -0.4 is 10.2 Å². The second kappa shape index (κ2) is 10.5. The molecule has 0 spiro atoms. The fourth-order valence-electron chi connectivity index (χ4n) is 4.22. The van der Waals surface area contributed by atoms with Gasteiger partial charge in [0.05, 0.1) is 10.5 Å². The van der Waals surface area contributed by atoms with E-state index in [0.717, 1.165) is 17.7 Å². The van der Waals surface area contributed by atoms with E-state index in [-0.39, 0.29) is 22.3 Å². The van der Waals surface area contributed by atoms with Gasteiger partial charge in [-0.25, -0.2) is 0 Å². The average molecular weight is 519 g/mol. The van der Waals surface area contributed by atoms with Gasteiger partial charge in [-0.3, -0.25) is 19.8 Å². The highest BCUT2D eigenvalue weighted by molar-refractivity contribution is 6.32. The molecule has 1 amide bonds. The fourth-order valence-corrected chi connectivity index (χ4v) is 4.41. The molecule has 0 radical (unpaired) electrons. The van der Waals surface area contributed by atoms with E-state index >= 15 is 0 Å². The Labute approximate surface area is 210 Å². The number of amides is 1. The number of hydrogen-bond donors (Lipinski definition) is 1. The van der Waals surface area contributed by atoms with Crippen LogP contribution in [-0.4, -0.2) is 41.9 Å². The van der Waals surface area contributed by atoms with Crippen molar-refractivity contribution in [2.75, 3.05) is 36.4 Å². The van der Waals surface area contributed by atoms with Crippen LogP contribution in [0.1, 0.15) is 17.2 Å². The second-order valence-electron chi connectivity index (χ2n) is 8.30. The summed E-state index contributed by atoms with van der Waals surface area (Å²) >= 11 is 5.88. The minimum Gasteiger partial charge on any atom is -0.369 e. The summed E-state index contributed by atoms with van der Waals surface area (Å²) in [4.78, 5) is 27.8. The number of piperazine rings is 1. The molecule has 7 nitrogen and oxygen atoms in total. The van der Waals surface area contributed by atoms with Crippen LogP contribution >= 0.6 is 11.6 Å². The summed E-state index contributed by atoms with van der Waals surface area (Å²) < 4.78 is 39.4. The van der Waals surface area contributed by atoms with Gasteiger partial charge in [-0.2, -0.15) is 13.2 Å². The zero-order chi connectivity index (χ0) is 25.9. The molecule has 3 aromatic carbocycles. The SMILES string of the molecule is O=C(Nc1ccc(Cl)c([N+](=O)[O-])c1)[C@H](c1ccccc1)N1CCN(c2cccc(C(F)(F)F)c2)CC1. The number of nitrogens with one attached hydrogen (secondary N) is 1. The molecule has 1 heterocycles. The molecule has 1 N–H and O–H groups in total. The summed E-state index contributed by atoms with van der Waals surface area (Å²) in [6.45, 7) is 1.68. The van der Waals surface area contributed by atoms with Crippen LogP contribution in [0.2, 0.25) is 5.02 Å². The van der Waals surface area contributed by atoms with Crippen molar-refractivity contribution in [2.24, 2.45) is 0 Å². The van der Waals surface area contributed by atoms with Crippen molar-refractivity contribution in [3.8, 4) is 0 Å². The Morgan fingerprint density at radius 2 is 1.67 bits per heavy atom. The Kier molecular flexibility index (Phi) is 7.46. The quantitative estimate of drug-likeness (QED) is 0.331. The number of rotatable bonds is 6. The molecule has 1 aliphatic rings. The van der Waals surface area contributed by atoms with Crippen molar-refractivity contribution >= 4 is 34.6 Å². The molecule has 11 heteroatoms. The van der Waals surface area contributed by atoms with Crippen LogP contribution in [0.4, 0.5) is 30.2 Å². The first-order valence-corrected chi connectivity index (χ1v) is 11.5. The van der Waals surface area contributed by atoms with Crippen molar-refractivity contribution in [2.45, 2.75) is 12.2 Å². The number of halogens is 4. The van der Waals surface area contributed by atoms with E-state index in [1.807, 2.05) is 40.1 Å². The second-order valence-corrected chi connectivity index (χ2v) is 8.70. The molecule has 1 fully saturated rings. The number of carbonyl (C=O) groups excluding carboxylic acids is 1. The molecule has 3 aromatic rings. The predicted molar refractivity (Wildman–Crippen MR) is 131 cm³/mol. The lowest BCUT2D eigenvalue weighted by Gasteiger charge is -2.40. The van der Waals surface area contributed by atoms with Crippen molar-refractivity contribution in [3.63, 3.8) is 0 Å². The normalized spacial score (nSPS) is 15.4. The van der Waals surface area contributed by atoms with Gasteiger partial charge >= 0.3 is 6.18 Å². The van der Waals surface area contributed by atoms with E-state index < -0.39 is 22.7 Å². The maximum Gasteiger partial charge on any atom is 0.416 e. The molecule has 0 aliphatic carbocycles. The number of alkyl halides is 3. The van der Waals surface area contributed by atoms with Crippen molar-refractivity contribution in [3.05, 3.63) is 99.1 Å². The molecular formula is C25H22ClF3N4O3. The number of anilines is 2. The lowest BCUT2D eigenvalue weighted by Crippen LogP contribution is -2.50. The van der Waals surface area contributed by atoms with Gasteiger partial charge in [-0.15, -0.1) is 0 Å². The molecule has 0 saturated carbocycles. The maximum absolute atomic E-state index is 13.4. The van der Waals surface area contributed by atoms with Crippen molar-refractivity contribution < 1.29 is 22.9 Å². The Bertz CT molecular complexity index is 1250. The highest BCUT2D eigenvalue weighted by atomic mass is 35.5. The van der Waals surface area contributed by atoms with Gasteiger partial charge in [0, 0.05) is 43.6 Å². The summed E-state index contributed by atoms with van der Waals surface area (Å²) in [6, 6.07) is 17.6. The molecule has 1 atom stereocenters. The molecule has 0 unspecified atom stereocenters. The third kappa shape index (κ3) is 5.77. The summed E-state index contributed by atoms with van der Waals surface area (Å²) in [5, 5.41) is 13.9. The molecule has 188 valence electrons. The van der Waals surface area contributed by atoms with E-state index in [4.69, 9.17) is 11.6 Å². The smallest absolute Gasteiger partial charge is 0.369 e. The first kappa shape index (κ1) is 25.5. The van der Waals surface area contributed by atoms with E-state index in [2.05, 4.69) is 5.32 Å². The van der Waals surface area contributed by atoms with Crippen LogP contribution in [0.15, 0.2) is 72.8 Å². The summed E-state index contributed by atoms with van der Waals surface area (Å²) in [5.74, 6) is -0.384. The number of nitro benzene ring substituents is 1. The van der Waals surface area contributed by atoms with E-state index in [9.17, 15) is 28.1 Å². The van der Waals surface area contributed by atoms with Crippen LogP contribution in [-0.2, 0) is 11.0 Å². The standard InChI is InChI=1S/C25H22ClF3N4O3/c26-21-10-9-19(16-22(21)33(35)36)30-24(34)23(17-5-2-1-3-6-17)32-13-11-31(12-14-32)20-8-4-7-18(15-20)25(27,28)29/h1-10,15-16,23H,11-14H2,(H,30,34)/t23-/m0/s1. The van der Waals surface area contributed by atoms with Gasteiger partial charge in [-0.1, -0.05) is 48.0 Å². The first-order valence-electron chi connectivity index (χ1n) is 11.1. The lowest BCUT2D eigenvalue weighted by molar-refractivity contribution is -0.384. The lowest BCUT2D eigenvalue weighted by atomic mass is 10.0. The summed E-state index contributed by atoms with van der Waals surface area (Å²) in [5.41, 5.74) is 0.408. The minimum atomic E-state index is -4.43. The molecule has 0 aromatic heterocycles. The summed E-state index contributed by atoms with van der Waals surface area (Å²) in [6.07, 6.45) is -4.43. The third-order valence-electron chi connectivity index (χ3n) is 5.99. The van der Waals surface area contributed by atoms with Crippen LogP contribution in [0.5, 0.6) is 0 Å². The van der Waals surface area contributed by atoms with Crippen molar-refractivity contribution in [1.82, 2.24) is 4.90 Å². The zero-order valence-corrected chi connectivity index (χ0v) is 19.7. The summed E-state index contributed by atoms with van der Waals surface area (Å²) in [7, 11) is 0.